The zero-order chi connectivity index (χ0) is 18.2. The summed E-state index contributed by atoms with van der Waals surface area (Å²) in [6.07, 6.45) is 0. The quantitative estimate of drug-likeness (QED) is 0.619. The molecule has 25 heavy (non-hydrogen) atoms. The Hall–Kier alpha value is -1.39. The van der Waals surface area contributed by atoms with Crippen molar-refractivity contribution >= 4 is 51.6 Å². The van der Waals surface area contributed by atoms with Crippen LogP contribution in [0.1, 0.15) is 13.8 Å². The highest BCUT2D eigenvalue weighted by Crippen LogP contribution is 2.30. The number of rotatable bonds is 9. The summed E-state index contributed by atoms with van der Waals surface area (Å²) >= 11 is 3.21. The first-order valence-electron chi connectivity index (χ1n) is 7.57. The molecule has 5 nitrogen and oxygen atoms in total. The molecule has 2 rings (SSSR count). The number of hydrogen-bond donors (Lipinski definition) is 1. The maximum Gasteiger partial charge on any atom is 0.288 e. The lowest BCUT2D eigenvalue weighted by molar-refractivity contribution is -0.127. The van der Waals surface area contributed by atoms with Gasteiger partial charge in [-0.2, -0.15) is 8.78 Å². The molecule has 10 heteroatoms. The van der Waals surface area contributed by atoms with Gasteiger partial charge in [0.2, 0.25) is 11.0 Å². The number of carbonyl (C=O) groups is 1. The van der Waals surface area contributed by atoms with E-state index in [1.807, 2.05) is 13.8 Å². The van der Waals surface area contributed by atoms with Gasteiger partial charge in [-0.05, 0) is 38.1 Å². The molecule has 1 aromatic heterocycles. The average Bonchev–Trinajstić information content (AvgIpc) is 3.03. The molecular formula is C15H18F2N4OS3. The first kappa shape index (κ1) is 19.9. The molecule has 1 heterocycles. The fraction of sp³-hybridized carbons (Fsp3) is 0.400. The Morgan fingerprint density at radius 3 is 2.52 bits per heavy atom. The van der Waals surface area contributed by atoms with Gasteiger partial charge in [0.25, 0.3) is 5.76 Å². The van der Waals surface area contributed by atoms with Crippen LogP contribution in [0.25, 0.3) is 0 Å². The van der Waals surface area contributed by atoms with Gasteiger partial charge in [0.1, 0.15) is 0 Å². The van der Waals surface area contributed by atoms with Crippen LogP contribution in [-0.4, -0.2) is 45.6 Å². The lowest BCUT2D eigenvalue weighted by Crippen LogP contribution is -2.31. The van der Waals surface area contributed by atoms with Gasteiger partial charge >= 0.3 is 0 Å². The van der Waals surface area contributed by atoms with Crippen molar-refractivity contribution in [3.8, 4) is 0 Å². The van der Waals surface area contributed by atoms with Crippen LogP contribution in [0.4, 0.5) is 19.6 Å². The van der Waals surface area contributed by atoms with Crippen molar-refractivity contribution < 1.29 is 13.6 Å². The molecule has 0 aliphatic carbocycles. The number of aromatic nitrogens is 2. The maximum absolute atomic E-state index is 12.3. The van der Waals surface area contributed by atoms with Crippen LogP contribution < -0.4 is 5.32 Å². The van der Waals surface area contributed by atoms with Crippen LogP contribution in [0.2, 0.25) is 0 Å². The van der Waals surface area contributed by atoms with E-state index < -0.39 is 5.76 Å². The lowest BCUT2D eigenvalue weighted by Gasteiger charge is -2.17. The van der Waals surface area contributed by atoms with Crippen molar-refractivity contribution in [2.24, 2.45) is 0 Å². The molecule has 0 unspecified atom stereocenters. The van der Waals surface area contributed by atoms with E-state index in [0.717, 1.165) is 5.69 Å². The van der Waals surface area contributed by atoms with Crippen LogP contribution in [0, 0.1) is 0 Å². The Kier molecular flexibility index (Phi) is 7.91. The molecule has 1 amide bonds. The second kappa shape index (κ2) is 9.93. The largest absolute Gasteiger partial charge is 0.343 e. The number of benzene rings is 1. The Morgan fingerprint density at radius 2 is 1.92 bits per heavy atom. The molecule has 136 valence electrons. The molecule has 0 radical (unpaired) electrons. The van der Waals surface area contributed by atoms with Crippen molar-refractivity contribution in [3.05, 3.63) is 24.3 Å². The SMILES string of the molecule is CCN(CC)C(=O)CSc1nnc(Nc2ccc(SC(F)F)cc2)s1. The third kappa shape index (κ3) is 6.44. The van der Waals surface area contributed by atoms with Crippen LogP contribution in [-0.2, 0) is 4.79 Å². The van der Waals surface area contributed by atoms with Gasteiger partial charge in [0.15, 0.2) is 4.34 Å². The van der Waals surface area contributed by atoms with E-state index in [9.17, 15) is 13.6 Å². The third-order valence-electron chi connectivity index (χ3n) is 3.17. The number of nitrogens with one attached hydrogen (secondary N) is 1. The summed E-state index contributed by atoms with van der Waals surface area (Å²) < 4.78 is 25.3. The van der Waals surface area contributed by atoms with Gasteiger partial charge in [-0.1, -0.05) is 34.9 Å². The van der Waals surface area contributed by atoms with E-state index in [1.165, 1.54) is 23.1 Å². The summed E-state index contributed by atoms with van der Waals surface area (Å²) in [5, 5.41) is 11.7. The number of nitrogens with zero attached hydrogens (tertiary/aromatic N) is 3. The van der Waals surface area contributed by atoms with Crippen LogP contribution >= 0.6 is 34.9 Å². The minimum absolute atomic E-state index is 0.0758. The maximum atomic E-state index is 12.3. The number of halogens is 2. The minimum Gasteiger partial charge on any atom is -0.343 e. The monoisotopic (exact) mass is 404 g/mol. The second-order valence-electron chi connectivity index (χ2n) is 4.76. The molecule has 0 spiro atoms. The summed E-state index contributed by atoms with van der Waals surface area (Å²) in [7, 11) is 0. The Morgan fingerprint density at radius 1 is 1.24 bits per heavy atom. The summed E-state index contributed by atoms with van der Waals surface area (Å²) in [5.41, 5.74) is 0.741. The Labute approximate surface area is 157 Å². The van der Waals surface area contributed by atoms with Gasteiger partial charge in [0.05, 0.1) is 5.75 Å². The number of thioether (sulfide) groups is 2. The number of anilines is 2. The molecule has 1 N–H and O–H groups in total. The number of carbonyl (C=O) groups excluding carboxylic acids is 1. The molecule has 0 saturated heterocycles. The first-order valence-corrected chi connectivity index (χ1v) is 10.3. The molecule has 0 bridgehead atoms. The minimum atomic E-state index is -2.43. The average molecular weight is 405 g/mol. The van der Waals surface area contributed by atoms with Crippen molar-refractivity contribution in [3.63, 3.8) is 0 Å². The fourth-order valence-electron chi connectivity index (χ4n) is 1.95. The molecule has 2 aromatic rings. The molecule has 0 fully saturated rings. The van der Waals surface area contributed by atoms with E-state index in [1.54, 1.807) is 29.2 Å². The molecule has 0 aliphatic heterocycles. The van der Waals surface area contributed by atoms with Crippen LogP contribution in [0.5, 0.6) is 0 Å². The van der Waals surface area contributed by atoms with Gasteiger partial charge in [-0.25, -0.2) is 0 Å². The van der Waals surface area contributed by atoms with Crippen molar-refractivity contribution in [2.45, 2.75) is 28.8 Å². The number of hydrogen-bond acceptors (Lipinski definition) is 7. The Bertz CT molecular complexity index is 678. The second-order valence-corrected chi connectivity index (χ2v) is 8.02. The highest BCUT2D eigenvalue weighted by Gasteiger charge is 2.12. The van der Waals surface area contributed by atoms with Crippen LogP contribution in [0.3, 0.4) is 0 Å². The van der Waals surface area contributed by atoms with E-state index in [0.29, 0.717) is 45.0 Å². The zero-order valence-electron chi connectivity index (χ0n) is 13.7. The number of amides is 1. The molecule has 0 aliphatic rings. The van der Waals surface area contributed by atoms with Gasteiger partial charge in [-0.3, -0.25) is 4.79 Å². The lowest BCUT2D eigenvalue weighted by atomic mass is 10.3. The first-order chi connectivity index (χ1) is 12.0. The third-order valence-corrected chi connectivity index (χ3v) is 5.85. The summed E-state index contributed by atoms with van der Waals surface area (Å²) in [5.74, 6) is -2.03. The molecular weight excluding hydrogens is 386 g/mol. The van der Waals surface area contributed by atoms with Crippen molar-refractivity contribution in [2.75, 3.05) is 24.2 Å². The highest BCUT2D eigenvalue weighted by molar-refractivity contribution is 8.01. The summed E-state index contributed by atoms with van der Waals surface area (Å²) in [6.45, 7) is 5.28. The summed E-state index contributed by atoms with van der Waals surface area (Å²) in [6, 6.07) is 6.67. The van der Waals surface area contributed by atoms with E-state index in [-0.39, 0.29) is 5.91 Å². The van der Waals surface area contributed by atoms with Crippen molar-refractivity contribution in [1.82, 2.24) is 15.1 Å². The Balaban J connectivity index is 1.87. The zero-order valence-corrected chi connectivity index (χ0v) is 16.2. The predicted octanol–water partition coefficient (Wildman–Crippen LogP) is 4.56. The molecule has 0 saturated carbocycles. The topological polar surface area (TPSA) is 58.1 Å². The van der Waals surface area contributed by atoms with Gasteiger partial charge < -0.3 is 10.2 Å². The van der Waals surface area contributed by atoms with E-state index in [4.69, 9.17) is 0 Å². The number of alkyl halides is 2. The van der Waals surface area contributed by atoms with Gasteiger partial charge in [0, 0.05) is 23.7 Å². The molecule has 1 aromatic carbocycles. The standard InChI is InChI=1S/C15H18F2N4OS3/c1-3-21(4-2)12(22)9-23-15-20-19-14(25-15)18-10-5-7-11(8-6-10)24-13(16)17/h5-8,13H,3-4,9H2,1-2H3,(H,18,19). The summed E-state index contributed by atoms with van der Waals surface area (Å²) in [4.78, 5) is 14.2. The molecule has 0 atom stereocenters. The van der Waals surface area contributed by atoms with E-state index in [2.05, 4.69) is 15.5 Å². The van der Waals surface area contributed by atoms with Crippen LogP contribution in [0.15, 0.2) is 33.5 Å². The fourth-order valence-corrected chi connectivity index (χ4v) is 4.13. The normalized spacial score (nSPS) is 10.9. The predicted molar refractivity (Wildman–Crippen MR) is 100 cm³/mol. The van der Waals surface area contributed by atoms with Gasteiger partial charge in [-0.15, -0.1) is 10.2 Å². The highest BCUT2D eigenvalue weighted by atomic mass is 32.2. The smallest absolute Gasteiger partial charge is 0.288 e. The van der Waals surface area contributed by atoms with E-state index >= 15 is 0 Å². The van der Waals surface area contributed by atoms with Crippen molar-refractivity contribution in [1.29, 1.82) is 0 Å².